The second-order valence-electron chi connectivity index (χ2n) is 5.16. The quantitative estimate of drug-likeness (QED) is 0.930. The van der Waals surface area contributed by atoms with Crippen molar-refractivity contribution < 1.29 is 9.32 Å². The number of benzene rings is 1. The predicted octanol–water partition coefficient (Wildman–Crippen LogP) is 1.68. The van der Waals surface area contributed by atoms with Crippen molar-refractivity contribution in [1.29, 1.82) is 0 Å². The van der Waals surface area contributed by atoms with Crippen LogP contribution in [-0.4, -0.2) is 49.2 Å². The first-order valence-corrected chi connectivity index (χ1v) is 6.99. The second kappa shape index (κ2) is 5.97. The molecule has 1 aromatic carbocycles. The van der Waals surface area contributed by atoms with Gasteiger partial charge in [-0.15, -0.1) is 0 Å². The van der Waals surface area contributed by atoms with Crippen molar-refractivity contribution in [3.63, 3.8) is 0 Å². The molecular weight excluding hydrogens is 268 g/mol. The smallest absolute Gasteiger partial charge is 0.277 e. The van der Waals surface area contributed by atoms with Gasteiger partial charge in [0.1, 0.15) is 0 Å². The Hall–Kier alpha value is -2.34. The number of nitrogens with zero attached hydrogens (tertiary/aromatic N) is 3. The lowest BCUT2D eigenvalue weighted by atomic mass is 10.3. The number of rotatable bonds is 3. The van der Waals surface area contributed by atoms with Crippen molar-refractivity contribution in [1.82, 2.24) is 10.1 Å². The Morgan fingerprint density at radius 2 is 1.90 bits per heavy atom. The number of carbonyl (C=O) groups is 1. The summed E-state index contributed by atoms with van der Waals surface area (Å²) in [6.07, 6.45) is 0. The summed E-state index contributed by atoms with van der Waals surface area (Å²) in [7, 11) is 2.09. The first kappa shape index (κ1) is 13.6. The van der Waals surface area contributed by atoms with Gasteiger partial charge in [0, 0.05) is 37.9 Å². The van der Waals surface area contributed by atoms with Gasteiger partial charge in [-0.25, -0.2) is 0 Å². The third kappa shape index (κ3) is 3.22. The van der Waals surface area contributed by atoms with Crippen LogP contribution in [0.5, 0.6) is 0 Å². The largest absolute Gasteiger partial charge is 0.338 e. The zero-order valence-corrected chi connectivity index (χ0v) is 12.0. The van der Waals surface area contributed by atoms with Gasteiger partial charge in [-0.05, 0) is 19.2 Å². The number of nitrogens with one attached hydrogen (secondary N) is 1. The van der Waals surface area contributed by atoms with Gasteiger partial charge in [-0.1, -0.05) is 23.4 Å². The van der Waals surface area contributed by atoms with Crippen LogP contribution < -0.4 is 10.2 Å². The van der Waals surface area contributed by atoms with Crippen LogP contribution >= 0.6 is 0 Å². The Morgan fingerprint density at radius 1 is 1.19 bits per heavy atom. The van der Waals surface area contributed by atoms with Crippen LogP contribution in [0, 0.1) is 0 Å². The fourth-order valence-electron chi connectivity index (χ4n) is 2.27. The standard InChI is InChI=1S/C15H18N4O2/c1-18-7-9-19(10-8-18)14-11-13(17-21-14)15(20)16-12-5-3-2-4-6-12/h2-6,11H,7-10H2,1H3,(H,16,20). The summed E-state index contributed by atoms with van der Waals surface area (Å²) in [5.41, 5.74) is 1.04. The summed E-state index contributed by atoms with van der Waals surface area (Å²) in [4.78, 5) is 16.5. The predicted molar refractivity (Wildman–Crippen MR) is 80.6 cm³/mol. The van der Waals surface area contributed by atoms with Gasteiger partial charge in [0.15, 0.2) is 5.69 Å². The summed E-state index contributed by atoms with van der Waals surface area (Å²) in [5, 5.41) is 6.66. The van der Waals surface area contributed by atoms with Crippen molar-refractivity contribution in [2.75, 3.05) is 43.4 Å². The number of hydrogen-bond acceptors (Lipinski definition) is 5. The molecule has 1 aromatic heterocycles. The summed E-state index contributed by atoms with van der Waals surface area (Å²) in [6, 6.07) is 11.0. The Morgan fingerprint density at radius 3 is 2.62 bits per heavy atom. The molecule has 0 spiro atoms. The fourth-order valence-corrected chi connectivity index (χ4v) is 2.27. The van der Waals surface area contributed by atoms with E-state index in [4.69, 9.17) is 4.52 Å². The summed E-state index contributed by atoms with van der Waals surface area (Å²) < 4.78 is 5.29. The minimum absolute atomic E-state index is 0.259. The molecule has 1 N–H and O–H groups in total. The molecule has 0 aliphatic carbocycles. The summed E-state index contributed by atoms with van der Waals surface area (Å²) >= 11 is 0. The van der Waals surface area contributed by atoms with Crippen LogP contribution in [-0.2, 0) is 0 Å². The van der Waals surface area contributed by atoms with Gasteiger partial charge >= 0.3 is 0 Å². The SMILES string of the molecule is CN1CCN(c2cc(C(=O)Nc3ccccc3)no2)CC1. The molecule has 21 heavy (non-hydrogen) atoms. The molecule has 2 aromatic rings. The van der Waals surface area contributed by atoms with E-state index in [1.807, 2.05) is 30.3 Å². The molecule has 1 saturated heterocycles. The van der Waals surface area contributed by atoms with Crippen LogP contribution in [0.3, 0.4) is 0 Å². The number of likely N-dealkylation sites (N-methyl/N-ethyl adjacent to an activating group) is 1. The van der Waals surface area contributed by atoms with E-state index in [0.29, 0.717) is 11.6 Å². The zero-order chi connectivity index (χ0) is 14.7. The maximum absolute atomic E-state index is 12.1. The highest BCUT2D eigenvalue weighted by Gasteiger charge is 2.20. The van der Waals surface area contributed by atoms with Crippen molar-refractivity contribution in [3.05, 3.63) is 42.1 Å². The number of amides is 1. The molecule has 2 heterocycles. The van der Waals surface area contributed by atoms with E-state index < -0.39 is 0 Å². The molecule has 0 unspecified atom stereocenters. The highest BCUT2D eigenvalue weighted by atomic mass is 16.5. The zero-order valence-electron chi connectivity index (χ0n) is 12.0. The van der Waals surface area contributed by atoms with Gasteiger partial charge in [0.2, 0.25) is 5.88 Å². The van der Waals surface area contributed by atoms with Gasteiger partial charge < -0.3 is 19.6 Å². The van der Waals surface area contributed by atoms with Gasteiger partial charge in [0.05, 0.1) is 0 Å². The third-order valence-electron chi connectivity index (χ3n) is 3.58. The van der Waals surface area contributed by atoms with Crippen molar-refractivity contribution in [3.8, 4) is 0 Å². The van der Waals surface area contributed by atoms with Crippen LogP contribution in [0.15, 0.2) is 40.9 Å². The maximum Gasteiger partial charge on any atom is 0.277 e. The van der Waals surface area contributed by atoms with E-state index in [0.717, 1.165) is 31.9 Å². The summed E-state index contributed by atoms with van der Waals surface area (Å²) in [5.74, 6) is 0.395. The highest BCUT2D eigenvalue weighted by molar-refractivity contribution is 6.03. The van der Waals surface area contributed by atoms with Crippen molar-refractivity contribution in [2.24, 2.45) is 0 Å². The highest BCUT2D eigenvalue weighted by Crippen LogP contribution is 2.18. The second-order valence-corrected chi connectivity index (χ2v) is 5.16. The minimum Gasteiger partial charge on any atom is -0.338 e. The van der Waals surface area contributed by atoms with Crippen LogP contribution in [0.1, 0.15) is 10.5 Å². The van der Waals surface area contributed by atoms with E-state index in [9.17, 15) is 4.79 Å². The molecule has 0 saturated carbocycles. The van der Waals surface area contributed by atoms with E-state index in [-0.39, 0.29) is 5.91 Å². The number of aromatic nitrogens is 1. The average molecular weight is 286 g/mol. The number of carbonyl (C=O) groups excluding carboxylic acids is 1. The summed E-state index contributed by atoms with van der Waals surface area (Å²) in [6.45, 7) is 3.72. The molecule has 3 rings (SSSR count). The minimum atomic E-state index is -0.259. The average Bonchev–Trinajstić information content (AvgIpc) is 2.99. The van der Waals surface area contributed by atoms with Crippen LogP contribution in [0.25, 0.3) is 0 Å². The first-order chi connectivity index (χ1) is 10.2. The lowest BCUT2D eigenvalue weighted by molar-refractivity contribution is 0.101. The number of hydrogen-bond donors (Lipinski definition) is 1. The lowest BCUT2D eigenvalue weighted by Gasteiger charge is -2.31. The lowest BCUT2D eigenvalue weighted by Crippen LogP contribution is -2.44. The Labute approximate surface area is 123 Å². The topological polar surface area (TPSA) is 61.6 Å². The molecule has 6 heteroatoms. The Balaban J connectivity index is 1.66. The molecule has 6 nitrogen and oxygen atoms in total. The molecular formula is C15H18N4O2. The third-order valence-corrected chi connectivity index (χ3v) is 3.58. The monoisotopic (exact) mass is 286 g/mol. The molecule has 110 valence electrons. The Bertz CT molecular complexity index is 603. The normalized spacial score (nSPS) is 16.0. The molecule has 1 aliphatic heterocycles. The molecule has 0 atom stereocenters. The molecule has 1 amide bonds. The molecule has 0 radical (unpaired) electrons. The number of para-hydroxylation sites is 1. The van der Waals surface area contributed by atoms with Crippen molar-refractivity contribution in [2.45, 2.75) is 0 Å². The Kier molecular flexibility index (Phi) is 3.87. The van der Waals surface area contributed by atoms with Crippen LogP contribution in [0.4, 0.5) is 11.6 Å². The van der Waals surface area contributed by atoms with Crippen molar-refractivity contribution >= 4 is 17.5 Å². The van der Waals surface area contributed by atoms with Gasteiger partial charge in [0.25, 0.3) is 5.91 Å². The van der Waals surface area contributed by atoms with E-state index in [1.165, 1.54) is 0 Å². The van der Waals surface area contributed by atoms with Gasteiger partial charge in [-0.3, -0.25) is 4.79 Å². The number of piperazine rings is 1. The molecule has 1 fully saturated rings. The fraction of sp³-hybridized carbons (Fsp3) is 0.333. The number of anilines is 2. The van der Waals surface area contributed by atoms with Crippen LogP contribution in [0.2, 0.25) is 0 Å². The molecule has 1 aliphatic rings. The molecule has 0 bridgehead atoms. The van der Waals surface area contributed by atoms with E-state index in [2.05, 4.69) is 27.3 Å². The first-order valence-electron chi connectivity index (χ1n) is 6.99. The van der Waals surface area contributed by atoms with E-state index in [1.54, 1.807) is 6.07 Å². The maximum atomic E-state index is 12.1. The van der Waals surface area contributed by atoms with E-state index >= 15 is 0 Å². The van der Waals surface area contributed by atoms with Gasteiger partial charge in [-0.2, -0.15) is 0 Å².